The Morgan fingerprint density at radius 2 is 2.31 bits per heavy atom. The fourth-order valence-corrected chi connectivity index (χ4v) is 1.38. The molecule has 0 fully saturated rings. The molecule has 3 nitrogen and oxygen atoms in total. The molecule has 3 N–H and O–H groups in total. The van der Waals surface area contributed by atoms with Crippen molar-refractivity contribution in [3.63, 3.8) is 0 Å². The SMILES string of the molecule is COC1(C)C=CC=CC1NC(N)=S. The van der Waals surface area contributed by atoms with Crippen LogP contribution in [0.15, 0.2) is 24.3 Å². The van der Waals surface area contributed by atoms with Crippen molar-refractivity contribution in [2.45, 2.75) is 18.6 Å². The van der Waals surface area contributed by atoms with Gasteiger partial charge in [-0.1, -0.05) is 24.3 Å². The zero-order valence-corrected chi connectivity index (χ0v) is 8.60. The molecule has 1 aliphatic carbocycles. The normalized spacial score (nSPS) is 31.7. The molecule has 2 atom stereocenters. The summed E-state index contributed by atoms with van der Waals surface area (Å²) in [6, 6.07) is -0.000000000000000222. The first kappa shape index (κ1) is 10.2. The molecule has 0 amide bonds. The van der Waals surface area contributed by atoms with E-state index in [4.69, 9.17) is 22.7 Å². The Morgan fingerprint density at radius 3 is 2.85 bits per heavy atom. The highest BCUT2D eigenvalue weighted by molar-refractivity contribution is 7.80. The summed E-state index contributed by atoms with van der Waals surface area (Å²) in [7, 11) is 1.66. The Morgan fingerprint density at radius 1 is 1.62 bits per heavy atom. The van der Waals surface area contributed by atoms with Crippen LogP contribution in [0.5, 0.6) is 0 Å². The van der Waals surface area contributed by atoms with Crippen LogP contribution in [-0.4, -0.2) is 23.9 Å². The van der Waals surface area contributed by atoms with Gasteiger partial charge in [0.05, 0.1) is 6.04 Å². The lowest BCUT2D eigenvalue weighted by molar-refractivity contribution is 0.0323. The molecule has 13 heavy (non-hydrogen) atoms. The highest BCUT2D eigenvalue weighted by Crippen LogP contribution is 2.21. The fraction of sp³-hybridized carbons (Fsp3) is 0.444. The van der Waals surface area contributed by atoms with E-state index in [1.54, 1.807) is 7.11 Å². The zero-order chi connectivity index (χ0) is 9.90. The van der Waals surface area contributed by atoms with E-state index in [-0.39, 0.29) is 16.8 Å². The molecule has 0 saturated carbocycles. The van der Waals surface area contributed by atoms with E-state index in [0.717, 1.165) is 0 Å². The molecule has 1 aliphatic rings. The smallest absolute Gasteiger partial charge is 0.164 e. The summed E-state index contributed by atoms with van der Waals surface area (Å²) in [6.07, 6.45) is 7.84. The van der Waals surface area contributed by atoms with E-state index in [2.05, 4.69) is 5.32 Å². The van der Waals surface area contributed by atoms with Crippen LogP contribution in [0.4, 0.5) is 0 Å². The quantitative estimate of drug-likeness (QED) is 0.642. The van der Waals surface area contributed by atoms with Crippen LogP contribution in [0.3, 0.4) is 0 Å². The fourth-order valence-electron chi connectivity index (χ4n) is 1.26. The van der Waals surface area contributed by atoms with Crippen molar-refractivity contribution < 1.29 is 4.74 Å². The summed E-state index contributed by atoms with van der Waals surface area (Å²) in [5.74, 6) is 0. The number of ether oxygens (including phenoxy) is 1. The first-order valence-corrected chi connectivity index (χ1v) is 4.46. The number of thiocarbonyl (C=S) groups is 1. The van der Waals surface area contributed by atoms with Gasteiger partial charge in [0, 0.05) is 7.11 Å². The summed E-state index contributed by atoms with van der Waals surface area (Å²) in [5, 5.41) is 3.25. The van der Waals surface area contributed by atoms with Gasteiger partial charge in [-0.2, -0.15) is 0 Å². The van der Waals surface area contributed by atoms with Crippen LogP contribution in [0.25, 0.3) is 0 Å². The van der Waals surface area contributed by atoms with Crippen molar-refractivity contribution in [1.29, 1.82) is 0 Å². The van der Waals surface area contributed by atoms with Crippen LogP contribution in [-0.2, 0) is 4.74 Å². The molecule has 0 radical (unpaired) electrons. The van der Waals surface area contributed by atoms with Gasteiger partial charge in [-0.05, 0) is 19.1 Å². The standard InChI is InChI=1S/C9H14N2OS/c1-9(12-2)6-4-3-5-7(9)11-8(10)13/h3-7H,1-2H3,(H3,10,11,13). The van der Waals surface area contributed by atoms with Gasteiger partial charge >= 0.3 is 0 Å². The number of methoxy groups -OCH3 is 1. The molecule has 0 aromatic heterocycles. The molecule has 4 heteroatoms. The Kier molecular flexibility index (Phi) is 3.06. The monoisotopic (exact) mass is 198 g/mol. The molecular weight excluding hydrogens is 184 g/mol. The lowest BCUT2D eigenvalue weighted by atomic mass is 9.92. The number of rotatable bonds is 2. The zero-order valence-electron chi connectivity index (χ0n) is 7.78. The maximum atomic E-state index is 5.41. The largest absolute Gasteiger partial charge is 0.376 e. The van der Waals surface area contributed by atoms with Crippen molar-refractivity contribution in [3.8, 4) is 0 Å². The van der Waals surface area contributed by atoms with Crippen LogP contribution in [0.2, 0.25) is 0 Å². The van der Waals surface area contributed by atoms with E-state index < -0.39 is 0 Å². The highest BCUT2D eigenvalue weighted by atomic mass is 32.1. The van der Waals surface area contributed by atoms with Crippen molar-refractivity contribution >= 4 is 17.3 Å². The molecule has 72 valence electrons. The Balaban J connectivity index is 2.76. The Labute approximate surface area is 83.6 Å². The van der Waals surface area contributed by atoms with Crippen molar-refractivity contribution in [2.24, 2.45) is 5.73 Å². The highest BCUT2D eigenvalue weighted by Gasteiger charge is 2.31. The summed E-state index contributed by atoms with van der Waals surface area (Å²) in [4.78, 5) is 0. The second kappa shape index (κ2) is 3.89. The van der Waals surface area contributed by atoms with Crippen LogP contribution >= 0.6 is 12.2 Å². The Bertz CT molecular complexity index is 262. The minimum atomic E-state index is -0.377. The van der Waals surface area contributed by atoms with Gasteiger partial charge in [-0.25, -0.2) is 0 Å². The first-order valence-electron chi connectivity index (χ1n) is 4.05. The molecule has 0 bridgehead atoms. The molecule has 2 unspecified atom stereocenters. The summed E-state index contributed by atoms with van der Waals surface area (Å²) < 4.78 is 5.38. The predicted octanol–water partition coefficient (Wildman–Crippen LogP) is 0.719. The number of allylic oxidation sites excluding steroid dienone is 2. The summed E-state index contributed by atoms with van der Waals surface area (Å²) >= 11 is 4.78. The first-order chi connectivity index (χ1) is 6.08. The molecule has 1 rings (SSSR count). The average Bonchev–Trinajstić information content (AvgIpc) is 2.09. The van der Waals surface area contributed by atoms with Gasteiger partial charge in [0.25, 0.3) is 0 Å². The van der Waals surface area contributed by atoms with Crippen molar-refractivity contribution in [3.05, 3.63) is 24.3 Å². The van der Waals surface area contributed by atoms with Gasteiger partial charge in [0.15, 0.2) is 5.11 Å². The minimum absolute atomic E-state index is 0.000000000000000222. The molecule has 0 aromatic rings. The average molecular weight is 198 g/mol. The van der Waals surface area contributed by atoms with Crippen LogP contribution in [0.1, 0.15) is 6.92 Å². The third-order valence-electron chi connectivity index (χ3n) is 2.20. The van der Waals surface area contributed by atoms with E-state index in [0.29, 0.717) is 0 Å². The molecule has 0 saturated heterocycles. The number of nitrogens with one attached hydrogen (secondary N) is 1. The lowest BCUT2D eigenvalue weighted by Gasteiger charge is -2.34. The number of hydrogen-bond donors (Lipinski definition) is 2. The third-order valence-corrected chi connectivity index (χ3v) is 2.31. The van der Waals surface area contributed by atoms with E-state index in [1.807, 2.05) is 31.2 Å². The lowest BCUT2D eigenvalue weighted by Crippen LogP contribution is -2.52. The van der Waals surface area contributed by atoms with Crippen LogP contribution in [0, 0.1) is 0 Å². The topological polar surface area (TPSA) is 47.3 Å². The molecule has 0 heterocycles. The van der Waals surface area contributed by atoms with Crippen LogP contribution < -0.4 is 11.1 Å². The maximum absolute atomic E-state index is 5.41. The van der Waals surface area contributed by atoms with Gasteiger partial charge in [0.1, 0.15) is 5.60 Å². The number of hydrogen-bond acceptors (Lipinski definition) is 2. The minimum Gasteiger partial charge on any atom is -0.376 e. The third kappa shape index (κ3) is 2.29. The van der Waals surface area contributed by atoms with E-state index in [9.17, 15) is 0 Å². The van der Waals surface area contributed by atoms with Gasteiger partial charge in [0.2, 0.25) is 0 Å². The van der Waals surface area contributed by atoms with Gasteiger partial charge in [-0.3, -0.25) is 0 Å². The van der Waals surface area contributed by atoms with Gasteiger partial charge < -0.3 is 15.8 Å². The Hall–Kier alpha value is -0.870. The number of nitrogens with two attached hydrogens (primary N) is 1. The molecular formula is C9H14N2OS. The molecule has 0 aliphatic heterocycles. The maximum Gasteiger partial charge on any atom is 0.164 e. The van der Waals surface area contributed by atoms with E-state index in [1.165, 1.54) is 0 Å². The van der Waals surface area contributed by atoms with Crippen molar-refractivity contribution in [2.75, 3.05) is 7.11 Å². The molecule has 0 spiro atoms. The molecule has 0 aromatic carbocycles. The summed E-state index contributed by atoms with van der Waals surface area (Å²) in [6.45, 7) is 1.98. The van der Waals surface area contributed by atoms with Gasteiger partial charge in [-0.15, -0.1) is 0 Å². The second-order valence-corrected chi connectivity index (χ2v) is 3.56. The summed E-state index contributed by atoms with van der Waals surface area (Å²) in [5.41, 5.74) is 5.03. The predicted molar refractivity (Wildman–Crippen MR) is 57.4 cm³/mol. The van der Waals surface area contributed by atoms with E-state index >= 15 is 0 Å². The second-order valence-electron chi connectivity index (χ2n) is 3.12. The van der Waals surface area contributed by atoms with Crippen molar-refractivity contribution in [1.82, 2.24) is 5.32 Å².